The third-order valence-electron chi connectivity index (χ3n) is 4.18. The van der Waals surface area contributed by atoms with Gasteiger partial charge in [0.25, 0.3) is 0 Å². The van der Waals surface area contributed by atoms with Gasteiger partial charge in [-0.05, 0) is 39.0 Å². The first kappa shape index (κ1) is 15.6. The molecule has 0 aliphatic heterocycles. The predicted octanol–water partition coefficient (Wildman–Crippen LogP) is 3.36. The molecule has 0 aromatic rings. The third-order valence-corrected chi connectivity index (χ3v) is 4.18. The highest BCUT2D eigenvalue weighted by Crippen LogP contribution is 2.29. The molecule has 0 aromatic heterocycles. The van der Waals surface area contributed by atoms with Crippen LogP contribution in [-0.4, -0.2) is 31.7 Å². The van der Waals surface area contributed by atoms with Crippen LogP contribution in [0.3, 0.4) is 0 Å². The lowest BCUT2D eigenvalue weighted by Gasteiger charge is -2.29. The van der Waals surface area contributed by atoms with Crippen LogP contribution in [0.25, 0.3) is 0 Å². The van der Waals surface area contributed by atoms with Crippen LogP contribution in [0.4, 0.5) is 0 Å². The molecule has 3 heteroatoms. The fraction of sp³-hybridized carbons (Fsp3) is 0.933. The number of ketones is 1. The van der Waals surface area contributed by atoms with Gasteiger partial charge in [-0.3, -0.25) is 4.79 Å². The van der Waals surface area contributed by atoms with E-state index in [1.165, 1.54) is 19.3 Å². The third kappa shape index (κ3) is 4.69. The fourth-order valence-corrected chi connectivity index (χ4v) is 2.69. The normalized spacial score (nSPS) is 19.8. The van der Waals surface area contributed by atoms with E-state index in [0.29, 0.717) is 12.3 Å². The number of methoxy groups -OCH3 is 2. The molecule has 1 atom stereocenters. The summed E-state index contributed by atoms with van der Waals surface area (Å²) >= 11 is 0. The van der Waals surface area contributed by atoms with Gasteiger partial charge in [-0.25, -0.2) is 0 Å². The Kier molecular flexibility index (Phi) is 6.30. The Labute approximate surface area is 111 Å². The molecule has 0 bridgehead atoms. The number of rotatable bonds is 7. The highest BCUT2D eigenvalue weighted by Gasteiger charge is 2.30. The maximum Gasteiger partial charge on any atom is 0.161 e. The van der Waals surface area contributed by atoms with E-state index in [0.717, 1.165) is 19.3 Å². The second-order valence-corrected chi connectivity index (χ2v) is 5.98. The van der Waals surface area contributed by atoms with E-state index >= 15 is 0 Å². The molecule has 0 spiro atoms. The van der Waals surface area contributed by atoms with Gasteiger partial charge in [-0.2, -0.15) is 0 Å². The van der Waals surface area contributed by atoms with Gasteiger partial charge in [-0.15, -0.1) is 0 Å². The molecular weight excluding hydrogens is 228 g/mol. The van der Waals surface area contributed by atoms with Gasteiger partial charge >= 0.3 is 0 Å². The number of carbonyl (C=O) groups excluding carboxylic acids is 1. The van der Waals surface area contributed by atoms with Gasteiger partial charge < -0.3 is 9.47 Å². The van der Waals surface area contributed by atoms with E-state index in [-0.39, 0.29) is 17.5 Å². The molecule has 3 nitrogen and oxygen atoms in total. The second-order valence-electron chi connectivity index (χ2n) is 5.98. The molecule has 18 heavy (non-hydrogen) atoms. The van der Waals surface area contributed by atoms with Crippen LogP contribution >= 0.6 is 0 Å². The van der Waals surface area contributed by atoms with E-state index < -0.39 is 0 Å². The van der Waals surface area contributed by atoms with E-state index in [1.807, 2.05) is 13.8 Å². The minimum atomic E-state index is -0.222. The number of hydrogen-bond acceptors (Lipinski definition) is 3. The Morgan fingerprint density at radius 2 is 1.83 bits per heavy atom. The van der Waals surface area contributed by atoms with Crippen LogP contribution in [-0.2, 0) is 14.3 Å². The van der Waals surface area contributed by atoms with Crippen molar-refractivity contribution in [1.82, 2.24) is 0 Å². The molecule has 0 saturated heterocycles. The molecule has 1 fully saturated rings. The van der Waals surface area contributed by atoms with E-state index in [4.69, 9.17) is 9.47 Å². The van der Waals surface area contributed by atoms with Crippen molar-refractivity contribution in [2.75, 3.05) is 14.2 Å². The molecule has 1 aliphatic carbocycles. The van der Waals surface area contributed by atoms with Crippen molar-refractivity contribution >= 4 is 5.78 Å². The minimum Gasteiger partial charge on any atom is -0.379 e. The topological polar surface area (TPSA) is 35.5 Å². The van der Waals surface area contributed by atoms with Gasteiger partial charge in [0.15, 0.2) is 5.78 Å². The second kappa shape index (κ2) is 7.25. The summed E-state index contributed by atoms with van der Waals surface area (Å²) < 4.78 is 10.8. The Bertz CT molecular complexity index is 254. The first-order valence-electron chi connectivity index (χ1n) is 7.11. The van der Waals surface area contributed by atoms with Gasteiger partial charge in [-0.1, -0.05) is 19.3 Å². The van der Waals surface area contributed by atoms with Crippen molar-refractivity contribution < 1.29 is 14.3 Å². The van der Waals surface area contributed by atoms with Gasteiger partial charge in [0.1, 0.15) is 6.10 Å². The van der Waals surface area contributed by atoms with Crippen LogP contribution in [0.5, 0.6) is 0 Å². The molecular formula is C15H28O3. The van der Waals surface area contributed by atoms with Crippen molar-refractivity contribution in [1.29, 1.82) is 0 Å². The van der Waals surface area contributed by atoms with Crippen molar-refractivity contribution in [3.8, 4) is 0 Å². The van der Waals surface area contributed by atoms with Crippen LogP contribution in [0.2, 0.25) is 0 Å². The van der Waals surface area contributed by atoms with Crippen LogP contribution in [0.15, 0.2) is 0 Å². The number of hydrogen-bond donors (Lipinski definition) is 0. The maximum atomic E-state index is 12.3. The van der Waals surface area contributed by atoms with Gasteiger partial charge in [0.2, 0.25) is 0 Å². The van der Waals surface area contributed by atoms with Gasteiger partial charge in [0.05, 0.1) is 5.60 Å². The molecule has 0 amide bonds. The minimum absolute atomic E-state index is 0.196. The fourth-order valence-electron chi connectivity index (χ4n) is 2.69. The van der Waals surface area contributed by atoms with Crippen LogP contribution < -0.4 is 0 Å². The summed E-state index contributed by atoms with van der Waals surface area (Å²) in [6.07, 6.45) is 7.17. The first-order valence-corrected chi connectivity index (χ1v) is 7.11. The molecule has 1 unspecified atom stereocenters. The summed E-state index contributed by atoms with van der Waals surface area (Å²) in [5.41, 5.74) is -0.222. The highest BCUT2D eigenvalue weighted by atomic mass is 16.5. The summed E-state index contributed by atoms with van der Waals surface area (Å²) in [5.74, 6) is 0.677. The summed E-state index contributed by atoms with van der Waals surface area (Å²) in [6.45, 7) is 4.03. The molecule has 0 aromatic carbocycles. The Hall–Kier alpha value is -0.410. The predicted molar refractivity (Wildman–Crippen MR) is 72.7 cm³/mol. The Morgan fingerprint density at radius 3 is 2.33 bits per heavy atom. The zero-order valence-corrected chi connectivity index (χ0v) is 12.3. The maximum absolute atomic E-state index is 12.3. The molecule has 1 aliphatic rings. The van der Waals surface area contributed by atoms with E-state index in [1.54, 1.807) is 14.2 Å². The van der Waals surface area contributed by atoms with Crippen molar-refractivity contribution in [3.63, 3.8) is 0 Å². The average molecular weight is 256 g/mol. The number of carbonyl (C=O) groups is 1. The smallest absolute Gasteiger partial charge is 0.161 e. The molecule has 0 heterocycles. The standard InChI is InChI=1S/C15H28O3/c1-15(2,18-4)11-10-13(16)14(17-3)12-8-6-5-7-9-12/h12,14H,5-11H2,1-4H3. The lowest BCUT2D eigenvalue weighted by Crippen LogP contribution is -2.34. The molecule has 0 N–H and O–H groups in total. The molecule has 1 rings (SSSR count). The van der Waals surface area contributed by atoms with Crippen LogP contribution in [0, 0.1) is 5.92 Å². The highest BCUT2D eigenvalue weighted by molar-refractivity contribution is 5.83. The number of ether oxygens (including phenoxy) is 2. The summed E-state index contributed by atoms with van der Waals surface area (Å²) in [6, 6.07) is 0. The lowest BCUT2D eigenvalue weighted by atomic mass is 9.82. The first-order chi connectivity index (χ1) is 8.50. The van der Waals surface area contributed by atoms with E-state index in [9.17, 15) is 4.79 Å². The largest absolute Gasteiger partial charge is 0.379 e. The summed E-state index contributed by atoms with van der Waals surface area (Å²) in [5, 5.41) is 0. The van der Waals surface area contributed by atoms with Gasteiger partial charge in [0, 0.05) is 20.6 Å². The van der Waals surface area contributed by atoms with Crippen molar-refractivity contribution in [2.45, 2.75) is 70.5 Å². The number of Topliss-reactive ketones (excluding diaryl/α,β-unsaturated/α-hetero) is 1. The van der Waals surface area contributed by atoms with Crippen molar-refractivity contribution in [3.05, 3.63) is 0 Å². The quantitative estimate of drug-likeness (QED) is 0.700. The summed E-state index contributed by atoms with van der Waals surface area (Å²) in [4.78, 5) is 12.3. The Morgan fingerprint density at radius 1 is 1.22 bits per heavy atom. The van der Waals surface area contributed by atoms with E-state index in [2.05, 4.69) is 0 Å². The average Bonchev–Trinajstić information content (AvgIpc) is 2.39. The zero-order valence-electron chi connectivity index (χ0n) is 12.3. The molecule has 0 radical (unpaired) electrons. The lowest BCUT2D eigenvalue weighted by molar-refractivity contribution is -0.134. The molecule has 1 saturated carbocycles. The zero-order chi connectivity index (χ0) is 13.6. The van der Waals surface area contributed by atoms with Crippen LogP contribution in [0.1, 0.15) is 58.8 Å². The summed E-state index contributed by atoms with van der Waals surface area (Å²) in [7, 11) is 3.36. The Balaban J connectivity index is 2.46. The SMILES string of the molecule is COC(C(=O)CCC(C)(C)OC)C1CCCCC1. The van der Waals surface area contributed by atoms with Crippen molar-refractivity contribution in [2.24, 2.45) is 5.92 Å². The molecule has 106 valence electrons. The monoisotopic (exact) mass is 256 g/mol.